The van der Waals surface area contributed by atoms with Crippen LogP contribution in [0.1, 0.15) is 21.7 Å². The maximum absolute atomic E-state index is 12.7. The minimum absolute atomic E-state index is 0.173. The van der Waals surface area contributed by atoms with Crippen molar-refractivity contribution in [3.8, 4) is 16.3 Å². The van der Waals surface area contributed by atoms with Crippen molar-refractivity contribution in [1.82, 2.24) is 4.98 Å². The molecule has 1 aromatic heterocycles. The Morgan fingerprint density at radius 1 is 1.17 bits per heavy atom. The van der Waals surface area contributed by atoms with E-state index in [-0.39, 0.29) is 13.2 Å². The van der Waals surface area contributed by atoms with Crippen LogP contribution in [0.3, 0.4) is 0 Å². The summed E-state index contributed by atoms with van der Waals surface area (Å²) in [5.41, 5.74) is 2.24. The van der Waals surface area contributed by atoms with Crippen LogP contribution in [0.4, 0.5) is 18.9 Å². The van der Waals surface area contributed by atoms with Gasteiger partial charge in [0, 0.05) is 11.3 Å². The zero-order chi connectivity index (χ0) is 21.9. The minimum Gasteiger partial charge on any atom is -0.488 e. The summed E-state index contributed by atoms with van der Waals surface area (Å²) in [4.78, 5) is 16.0. The molecular weight excluding hydrogens is 417 g/mol. The Balaban J connectivity index is 1.68. The van der Waals surface area contributed by atoms with Crippen molar-refractivity contribution in [2.24, 2.45) is 0 Å². The van der Waals surface area contributed by atoms with E-state index in [4.69, 9.17) is 9.84 Å². The molecule has 2 N–H and O–H groups in total. The largest absolute Gasteiger partial charge is 0.488 e. The number of aryl methyl sites for hydroxylation is 2. The molecule has 2 aromatic carbocycles. The average molecular weight is 436 g/mol. The molecule has 0 saturated heterocycles. The van der Waals surface area contributed by atoms with Crippen molar-refractivity contribution >= 4 is 23.0 Å². The summed E-state index contributed by atoms with van der Waals surface area (Å²) in [5.74, 6) is -0.323. The van der Waals surface area contributed by atoms with E-state index >= 15 is 0 Å². The second kappa shape index (κ2) is 8.74. The molecule has 3 rings (SSSR count). The van der Waals surface area contributed by atoms with Crippen LogP contribution in [-0.2, 0) is 17.6 Å². The van der Waals surface area contributed by atoms with Gasteiger partial charge in [0.25, 0.3) is 0 Å². The molecule has 0 spiro atoms. The Morgan fingerprint density at radius 3 is 2.47 bits per heavy atom. The molecule has 0 atom stereocenters. The number of carbonyl (C=O) groups is 1. The Bertz CT molecular complexity index is 1050. The highest BCUT2D eigenvalue weighted by molar-refractivity contribution is 7.15. The third-order valence-electron chi connectivity index (χ3n) is 4.35. The average Bonchev–Trinajstić information content (AvgIpc) is 3.05. The number of ether oxygens (including phenoxy) is 1. The van der Waals surface area contributed by atoms with Gasteiger partial charge in [-0.25, -0.2) is 4.98 Å². The number of alkyl halides is 3. The van der Waals surface area contributed by atoms with E-state index in [1.807, 2.05) is 13.8 Å². The van der Waals surface area contributed by atoms with Crippen LogP contribution in [0.25, 0.3) is 10.6 Å². The number of thiazole rings is 1. The second-order valence-corrected chi connectivity index (χ2v) is 7.70. The van der Waals surface area contributed by atoms with E-state index in [9.17, 15) is 18.0 Å². The molecule has 1 heterocycles. The van der Waals surface area contributed by atoms with Gasteiger partial charge in [-0.3, -0.25) is 4.79 Å². The summed E-state index contributed by atoms with van der Waals surface area (Å²) in [6, 6.07) is 10.2. The highest BCUT2D eigenvalue weighted by Crippen LogP contribution is 2.33. The SMILES string of the molecule is Cc1cc(OCc2sc(-c3ccc(C(F)(F)F)cc3)nc2C)ccc1NCC(=O)O. The standard InChI is InChI=1S/C21H19F3N2O3S/c1-12-9-16(7-8-17(12)25-10-19(27)28)29-11-18-13(2)26-20(30-18)14-3-5-15(6-4-14)21(22,23)24/h3-9,25H,10-11H2,1-2H3,(H,27,28). The molecule has 0 fully saturated rings. The Morgan fingerprint density at radius 2 is 1.87 bits per heavy atom. The van der Waals surface area contributed by atoms with Crippen molar-refractivity contribution in [2.45, 2.75) is 26.6 Å². The number of halogens is 3. The lowest BCUT2D eigenvalue weighted by atomic mass is 10.1. The first-order valence-electron chi connectivity index (χ1n) is 8.96. The van der Waals surface area contributed by atoms with Gasteiger partial charge in [0.1, 0.15) is 23.9 Å². The third-order valence-corrected chi connectivity index (χ3v) is 5.53. The minimum atomic E-state index is -4.37. The molecule has 0 aliphatic carbocycles. The maximum Gasteiger partial charge on any atom is 0.416 e. The first-order chi connectivity index (χ1) is 14.1. The van der Waals surface area contributed by atoms with Crippen LogP contribution < -0.4 is 10.1 Å². The van der Waals surface area contributed by atoms with Gasteiger partial charge in [0.15, 0.2) is 0 Å². The molecule has 0 aliphatic heterocycles. The number of benzene rings is 2. The fourth-order valence-electron chi connectivity index (χ4n) is 2.73. The molecule has 0 saturated carbocycles. The molecule has 0 radical (unpaired) electrons. The fraction of sp³-hybridized carbons (Fsp3) is 0.238. The fourth-order valence-corrected chi connectivity index (χ4v) is 3.71. The van der Waals surface area contributed by atoms with Gasteiger partial charge in [-0.1, -0.05) is 12.1 Å². The lowest BCUT2D eigenvalue weighted by Crippen LogP contribution is -2.12. The number of rotatable bonds is 7. The quantitative estimate of drug-likeness (QED) is 0.510. The molecule has 3 aromatic rings. The molecule has 0 aliphatic rings. The number of anilines is 1. The van der Waals surface area contributed by atoms with Crippen molar-refractivity contribution in [2.75, 3.05) is 11.9 Å². The number of aliphatic carboxylic acids is 1. The molecule has 0 bridgehead atoms. The van der Waals surface area contributed by atoms with E-state index in [0.29, 0.717) is 22.0 Å². The number of nitrogens with zero attached hydrogens (tertiary/aromatic N) is 1. The smallest absolute Gasteiger partial charge is 0.416 e. The summed E-state index contributed by atoms with van der Waals surface area (Å²) in [5, 5.41) is 12.2. The predicted molar refractivity (Wildman–Crippen MR) is 109 cm³/mol. The summed E-state index contributed by atoms with van der Waals surface area (Å²) in [7, 11) is 0. The number of carboxylic acid groups (broad SMARTS) is 1. The zero-order valence-corrected chi connectivity index (χ0v) is 17.0. The van der Waals surface area contributed by atoms with Crippen LogP contribution >= 0.6 is 11.3 Å². The maximum atomic E-state index is 12.7. The summed E-state index contributed by atoms with van der Waals surface area (Å²) in [6.45, 7) is 3.77. The molecule has 0 unspecified atom stereocenters. The Labute approximate surface area is 175 Å². The van der Waals surface area contributed by atoms with Gasteiger partial charge < -0.3 is 15.2 Å². The van der Waals surface area contributed by atoms with Crippen molar-refractivity contribution in [3.05, 3.63) is 64.2 Å². The van der Waals surface area contributed by atoms with E-state index < -0.39 is 17.7 Å². The molecule has 30 heavy (non-hydrogen) atoms. The summed E-state index contributed by atoms with van der Waals surface area (Å²) in [6.07, 6.45) is -4.37. The molecule has 0 amide bonds. The Hall–Kier alpha value is -3.07. The van der Waals surface area contributed by atoms with Gasteiger partial charge >= 0.3 is 12.1 Å². The first-order valence-corrected chi connectivity index (χ1v) is 9.78. The van der Waals surface area contributed by atoms with Gasteiger partial charge in [-0.05, 0) is 49.7 Å². The van der Waals surface area contributed by atoms with Crippen LogP contribution in [0.15, 0.2) is 42.5 Å². The topological polar surface area (TPSA) is 71.5 Å². The highest BCUT2D eigenvalue weighted by atomic mass is 32.1. The first kappa shape index (κ1) is 21.6. The number of aromatic nitrogens is 1. The molecule has 9 heteroatoms. The third kappa shape index (κ3) is 5.29. The van der Waals surface area contributed by atoms with E-state index in [0.717, 1.165) is 28.3 Å². The van der Waals surface area contributed by atoms with E-state index in [2.05, 4.69) is 10.3 Å². The van der Waals surface area contributed by atoms with Crippen molar-refractivity contribution < 1.29 is 27.8 Å². The molecule has 5 nitrogen and oxygen atoms in total. The van der Waals surface area contributed by atoms with Crippen LogP contribution in [0.5, 0.6) is 5.75 Å². The van der Waals surface area contributed by atoms with Crippen LogP contribution in [-0.4, -0.2) is 22.6 Å². The van der Waals surface area contributed by atoms with Crippen molar-refractivity contribution in [1.29, 1.82) is 0 Å². The van der Waals surface area contributed by atoms with Crippen LogP contribution in [0.2, 0.25) is 0 Å². The lowest BCUT2D eigenvalue weighted by molar-refractivity contribution is -0.137. The van der Waals surface area contributed by atoms with Gasteiger partial charge in [0.05, 0.1) is 16.1 Å². The van der Waals surface area contributed by atoms with Gasteiger partial charge in [0.2, 0.25) is 0 Å². The zero-order valence-electron chi connectivity index (χ0n) is 16.2. The number of hydrogen-bond donors (Lipinski definition) is 2. The van der Waals surface area contributed by atoms with E-state index in [1.54, 1.807) is 18.2 Å². The highest BCUT2D eigenvalue weighted by Gasteiger charge is 2.30. The van der Waals surface area contributed by atoms with Crippen LogP contribution in [0, 0.1) is 13.8 Å². The summed E-state index contributed by atoms with van der Waals surface area (Å²) < 4.78 is 44.0. The molecule has 158 valence electrons. The molecular formula is C21H19F3N2O3S. The lowest BCUT2D eigenvalue weighted by Gasteiger charge is -2.10. The van der Waals surface area contributed by atoms with E-state index in [1.165, 1.54) is 23.5 Å². The predicted octanol–water partition coefficient (Wildman–Crippen LogP) is 5.52. The second-order valence-electron chi connectivity index (χ2n) is 6.62. The van der Waals surface area contributed by atoms with Crippen molar-refractivity contribution in [3.63, 3.8) is 0 Å². The summed E-state index contributed by atoms with van der Waals surface area (Å²) >= 11 is 1.37. The Kier molecular flexibility index (Phi) is 6.31. The van der Waals surface area contributed by atoms with Gasteiger partial charge in [-0.2, -0.15) is 13.2 Å². The number of nitrogens with one attached hydrogen (secondary N) is 1. The normalized spacial score (nSPS) is 11.4. The number of hydrogen-bond acceptors (Lipinski definition) is 5. The monoisotopic (exact) mass is 436 g/mol. The van der Waals surface area contributed by atoms with Gasteiger partial charge in [-0.15, -0.1) is 11.3 Å². The number of carboxylic acids is 1.